The summed E-state index contributed by atoms with van der Waals surface area (Å²) in [6, 6.07) is 4.42. The van der Waals surface area contributed by atoms with E-state index in [0.717, 1.165) is 0 Å². The Kier molecular flexibility index (Phi) is 5.99. The zero-order chi connectivity index (χ0) is 20.4. The van der Waals surface area contributed by atoms with Crippen molar-refractivity contribution in [3.05, 3.63) is 23.2 Å². The number of rotatable bonds is 3. The van der Waals surface area contributed by atoms with Crippen LogP contribution in [0.25, 0.3) is 0 Å². The van der Waals surface area contributed by atoms with Crippen molar-refractivity contribution >= 4 is 40.9 Å². The average Bonchev–Trinajstić information content (AvgIpc) is 2.92. The molecule has 3 amide bonds. The van der Waals surface area contributed by atoms with Gasteiger partial charge in [-0.25, -0.2) is 9.18 Å². The second kappa shape index (κ2) is 7.72. The first-order chi connectivity index (χ1) is 12.4. The molecule has 2 rings (SSSR count). The van der Waals surface area contributed by atoms with E-state index in [1.165, 1.54) is 30.0 Å². The van der Waals surface area contributed by atoms with Crippen LogP contribution < -0.4 is 10.6 Å². The van der Waals surface area contributed by atoms with Crippen LogP contribution in [0.3, 0.4) is 0 Å². The third kappa shape index (κ3) is 5.56. The number of hydrogen-bond acceptors (Lipinski definition) is 4. The monoisotopic (exact) mass is 399 g/mol. The quantitative estimate of drug-likeness (QED) is 0.813. The summed E-state index contributed by atoms with van der Waals surface area (Å²) >= 11 is 6.05. The maximum absolute atomic E-state index is 15.0. The maximum Gasteiger partial charge on any atom is 0.410 e. The first-order valence-corrected chi connectivity index (χ1v) is 8.83. The molecule has 1 heterocycles. The summed E-state index contributed by atoms with van der Waals surface area (Å²) in [6.07, 6.45) is -0.784. The molecule has 7 nitrogen and oxygen atoms in total. The molecule has 0 aliphatic carbocycles. The van der Waals surface area contributed by atoms with Crippen molar-refractivity contribution in [1.82, 2.24) is 4.90 Å². The number of halogens is 2. The number of alkyl halides is 1. The van der Waals surface area contributed by atoms with Crippen molar-refractivity contribution < 1.29 is 23.5 Å². The molecule has 1 aliphatic heterocycles. The van der Waals surface area contributed by atoms with E-state index in [1.807, 2.05) is 0 Å². The van der Waals surface area contributed by atoms with Crippen molar-refractivity contribution in [3.63, 3.8) is 0 Å². The van der Waals surface area contributed by atoms with Gasteiger partial charge in [0.05, 0.1) is 17.3 Å². The number of nitrogens with zero attached hydrogens (tertiary/aromatic N) is 1. The van der Waals surface area contributed by atoms with E-state index in [2.05, 4.69) is 10.6 Å². The van der Waals surface area contributed by atoms with Crippen molar-refractivity contribution in [2.45, 2.75) is 45.4 Å². The number of ether oxygens (including phenoxy) is 1. The van der Waals surface area contributed by atoms with Crippen LogP contribution in [0, 0.1) is 0 Å². The average molecular weight is 400 g/mol. The summed E-state index contributed by atoms with van der Waals surface area (Å²) in [5.41, 5.74) is -2.26. The second-order valence-electron chi connectivity index (χ2n) is 7.45. The molecular formula is C18H23ClFN3O4. The van der Waals surface area contributed by atoms with Crippen molar-refractivity contribution in [3.8, 4) is 0 Å². The molecule has 1 aromatic carbocycles. The van der Waals surface area contributed by atoms with E-state index >= 15 is 4.39 Å². The van der Waals surface area contributed by atoms with E-state index < -0.39 is 23.3 Å². The van der Waals surface area contributed by atoms with Gasteiger partial charge in [-0.15, -0.1) is 0 Å². The zero-order valence-electron chi connectivity index (χ0n) is 15.7. The van der Waals surface area contributed by atoms with Gasteiger partial charge in [-0.2, -0.15) is 0 Å². The Morgan fingerprint density at radius 1 is 1.26 bits per heavy atom. The molecule has 1 unspecified atom stereocenters. The van der Waals surface area contributed by atoms with Gasteiger partial charge < -0.3 is 20.3 Å². The lowest BCUT2D eigenvalue weighted by Crippen LogP contribution is -2.43. The van der Waals surface area contributed by atoms with E-state index in [-0.39, 0.29) is 36.1 Å². The normalized spacial score (nSPS) is 19.6. The van der Waals surface area contributed by atoms with Crippen LogP contribution in [0.2, 0.25) is 5.02 Å². The summed E-state index contributed by atoms with van der Waals surface area (Å²) < 4.78 is 20.2. The van der Waals surface area contributed by atoms with Gasteiger partial charge >= 0.3 is 6.09 Å². The van der Waals surface area contributed by atoms with Crippen LogP contribution in [0.15, 0.2) is 18.2 Å². The maximum atomic E-state index is 15.0. The molecule has 2 N–H and O–H groups in total. The smallest absolute Gasteiger partial charge is 0.410 e. The molecule has 148 valence electrons. The van der Waals surface area contributed by atoms with Crippen molar-refractivity contribution in [2.75, 3.05) is 23.7 Å². The molecular weight excluding hydrogens is 377 g/mol. The highest BCUT2D eigenvalue weighted by Gasteiger charge is 2.47. The topological polar surface area (TPSA) is 87.7 Å². The molecule has 9 heteroatoms. The number of amides is 3. The Balaban J connectivity index is 2.02. The van der Waals surface area contributed by atoms with E-state index in [1.54, 1.807) is 20.8 Å². The molecule has 1 aromatic rings. The minimum Gasteiger partial charge on any atom is -0.444 e. The third-order valence-electron chi connectivity index (χ3n) is 3.82. The number of benzene rings is 1. The van der Waals surface area contributed by atoms with Gasteiger partial charge in [-0.05, 0) is 39.0 Å². The second-order valence-corrected chi connectivity index (χ2v) is 7.85. The lowest BCUT2D eigenvalue weighted by molar-refractivity contribution is -0.126. The first-order valence-electron chi connectivity index (χ1n) is 8.45. The van der Waals surface area contributed by atoms with Gasteiger partial charge in [0.1, 0.15) is 5.60 Å². The Hall–Kier alpha value is -2.35. The molecule has 0 saturated carbocycles. The van der Waals surface area contributed by atoms with Crippen LogP contribution in [0.5, 0.6) is 0 Å². The number of hydrogen-bond donors (Lipinski definition) is 2. The molecule has 0 bridgehead atoms. The van der Waals surface area contributed by atoms with Gasteiger partial charge in [-0.1, -0.05) is 11.6 Å². The summed E-state index contributed by atoms with van der Waals surface area (Å²) in [5, 5.41) is 5.21. The molecule has 1 fully saturated rings. The fourth-order valence-corrected chi connectivity index (χ4v) is 2.80. The fourth-order valence-electron chi connectivity index (χ4n) is 2.57. The fraction of sp³-hybridized carbons (Fsp3) is 0.500. The van der Waals surface area contributed by atoms with Gasteiger partial charge in [0.25, 0.3) is 5.91 Å². The highest BCUT2D eigenvalue weighted by Crippen LogP contribution is 2.30. The Morgan fingerprint density at radius 2 is 1.93 bits per heavy atom. The van der Waals surface area contributed by atoms with Crippen LogP contribution in [-0.2, 0) is 14.3 Å². The summed E-state index contributed by atoms with van der Waals surface area (Å²) in [6.45, 7) is 6.18. The number of anilines is 2. The molecule has 0 aromatic heterocycles. The van der Waals surface area contributed by atoms with Gasteiger partial charge in [0.15, 0.2) is 0 Å². The predicted molar refractivity (Wildman–Crippen MR) is 101 cm³/mol. The van der Waals surface area contributed by atoms with Gasteiger partial charge in [0.2, 0.25) is 11.6 Å². The lowest BCUT2D eigenvalue weighted by Gasteiger charge is -2.25. The van der Waals surface area contributed by atoms with Crippen LogP contribution in [0.4, 0.5) is 20.6 Å². The zero-order valence-corrected chi connectivity index (χ0v) is 16.4. The highest BCUT2D eigenvalue weighted by atomic mass is 35.5. The Bertz CT molecular complexity index is 765. The van der Waals surface area contributed by atoms with Crippen LogP contribution in [-0.4, -0.2) is 47.2 Å². The minimum absolute atomic E-state index is 0.0844. The number of carbonyl (C=O) groups excluding carboxylic acids is 3. The Morgan fingerprint density at radius 3 is 2.48 bits per heavy atom. The molecule has 0 radical (unpaired) electrons. The van der Waals surface area contributed by atoms with Crippen LogP contribution in [0.1, 0.15) is 34.1 Å². The number of carbonyl (C=O) groups is 3. The molecule has 27 heavy (non-hydrogen) atoms. The van der Waals surface area contributed by atoms with Crippen LogP contribution >= 0.6 is 11.6 Å². The largest absolute Gasteiger partial charge is 0.444 e. The summed E-state index contributed by atoms with van der Waals surface area (Å²) in [4.78, 5) is 36.7. The summed E-state index contributed by atoms with van der Waals surface area (Å²) in [7, 11) is 0. The van der Waals surface area contributed by atoms with Crippen molar-refractivity contribution in [2.24, 2.45) is 0 Å². The molecule has 1 atom stereocenters. The standard InChI is InChI=1S/C18H23ClFN3O4/c1-11(24)21-14-6-5-12(9-13(14)19)22-15(25)18(20)7-8-23(10-18)16(26)27-17(2,3)4/h5-6,9H,7-8,10H2,1-4H3,(H,21,24)(H,22,25). The number of likely N-dealkylation sites (tertiary alicyclic amines) is 1. The van der Waals surface area contributed by atoms with E-state index in [4.69, 9.17) is 16.3 Å². The highest BCUT2D eigenvalue weighted by molar-refractivity contribution is 6.34. The first kappa shape index (κ1) is 21.0. The third-order valence-corrected chi connectivity index (χ3v) is 4.13. The van der Waals surface area contributed by atoms with E-state index in [9.17, 15) is 14.4 Å². The lowest BCUT2D eigenvalue weighted by atomic mass is 10.0. The van der Waals surface area contributed by atoms with Gasteiger partial charge in [-0.3, -0.25) is 9.59 Å². The van der Waals surface area contributed by atoms with Gasteiger partial charge in [0, 0.05) is 25.6 Å². The van der Waals surface area contributed by atoms with Crippen molar-refractivity contribution in [1.29, 1.82) is 0 Å². The predicted octanol–water partition coefficient (Wildman–Crippen LogP) is 3.59. The van der Waals surface area contributed by atoms with E-state index in [0.29, 0.717) is 5.69 Å². The molecule has 0 spiro atoms. The minimum atomic E-state index is -2.22. The molecule has 1 aliphatic rings. The number of nitrogens with one attached hydrogen (secondary N) is 2. The molecule has 1 saturated heterocycles. The summed E-state index contributed by atoms with van der Waals surface area (Å²) in [5.74, 6) is -1.15. The SMILES string of the molecule is CC(=O)Nc1ccc(NC(=O)C2(F)CCN(C(=O)OC(C)(C)C)C2)cc1Cl. The Labute approximate surface area is 162 Å².